The first-order chi connectivity index (χ1) is 13.2. The molecule has 0 aromatic heterocycles. The summed E-state index contributed by atoms with van der Waals surface area (Å²) in [5.74, 6) is 0.490. The number of rotatable bonds is 9. The Kier molecular flexibility index (Phi) is 8.03. The van der Waals surface area contributed by atoms with E-state index < -0.39 is 10.0 Å². The summed E-state index contributed by atoms with van der Waals surface area (Å²) in [6.07, 6.45) is 0.689. The van der Waals surface area contributed by atoms with Crippen LogP contribution in [0.2, 0.25) is 0 Å². The normalized spacial score (nSPS) is 12.6. The van der Waals surface area contributed by atoms with Crippen LogP contribution in [0, 0.1) is 0 Å². The summed E-state index contributed by atoms with van der Waals surface area (Å²) < 4.78 is 32.5. The molecule has 1 atom stereocenters. The average molecular weight is 469 g/mol. The van der Waals surface area contributed by atoms with Gasteiger partial charge in [-0.1, -0.05) is 28.1 Å². The van der Waals surface area contributed by atoms with Crippen LogP contribution in [0.3, 0.4) is 0 Å². The molecule has 0 radical (unpaired) electrons. The molecule has 152 valence electrons. The van der Waals surface area contributed by atoms with E-state index >= 15 is 0 Å². The summed E-state index contributed by atoms with van der Waals surface area (Å²) >= 11 is 3.39. The van der Waals surface area contributed by atoms with Crippen LogP contribution in [0.1, 0.15) is 31.4 Å². The summed E-state index contributed by atoms with van der Waals surface area (Å²) in [6.45, 7) is 2.18. The highest BCUT2D eigenvalue weighted by molar-refractivity contribution is 9.10. The smallest absolute Gasteiger partial charge is 0.242 e. The van der Waals surface area contributed by atoms with Gasteiger partial charge >= 0.3 is 0 Å². The second-order valence-corrected chi connectivity index (χ2v) is 9.41. The lowest BCUT2D eigenvalue weighted by Gasteiger charge is -2.18. The van der Waals surface area contributed by atoms with E-state index in [1.807, 2.05) is 31.2 Å². The highest BCUT2D eigenvalue weighted by Crippen LogP contribution is 2.19. The molecule has 0 saturated heterocycles. The van der Waals surface area contributed by atoms with Gasteiger partial charge in [0.2, 0.25) is 15.9 Å². The van der Waals surface area contributed by atoms with Gasteiger partial charge in [-0.15, -0.1) is 0 Å². The molecular weight excluding hydrogens is 444 g/mol. The minimum absolute atomic E-state index is 0.106. The van der Waals surface area contributed by atoms with Crippen molar-refractivity contribution in [3.63, 3.8) is 0 Å². The fourth-order valence-electron chi connectivity index (χ4n) is 2.66. The summed E-state index contributed by atoms with van der Waals surface area (Å²) in [5.41, 5.74) is 1.01. The van der Waals surface area contributed by atoms with E-state index in [0.29, 0.717) is 12.2 Å². The summed E-state index contributed by atoms with van der Waals surface area (Å²) in [5, 5.41) is 2.94. The van der Waals surface area contributed by atoms with Crippen molar-refractivity contribution in [3.05, 3.63) is 58.6 Å². The van der Waals surface area contributed by atoms with Crippen molar-refractivity contribution in [2.75, 3.05) is 20.7 Å². The predicted molar refractivity (Wildman–Crippen MR) is 113 cm³/mol. The molecule has 28 heavy (non-hydrogen) atoms. The highest BCUT2D eigenvalue weighted by atomic mass is 79.9. The van der Waals surface area contributed by atoms with Gasteiger partial charge in [0, 0.05) is 24.5 Å². The molecule has 0 aliphatic carbocycles. The summed E-state index contributed by atoms with van der Waals surface area (Å²) in [4.78, 5) is 12.4. The van der Waals surface area contributed by atoms with Gasteiger partial charge in [-0.25, -0.2) is 12.7 Å². The fraction of sp³-hybridized carbons (Fsp3) is 0.350. The van der Waals surface area contributed by atoms with Gasteiger partial charge in [0.1, 0.15) is 5.75 Å². The van der Waals surface area contributed by atoms with Gasteiger partial charge in [-0.2, -0.15) is 0 Å². The summed E-state index contributed by atoms with van der Waals surface area (Å²) in [6, 6.07) is 13.9. The number of halogens is 1. The lowest BCUT2D eigenvalue weighted by Crippen LogP contribution is -2.30. The maximum absolute atomic E-state index is 12.6. The number of nitrogens with one attached hydrogen (secondary N) is 1. The Morgan fingerprint density at radius 2 is 1.75 bits per heavy atom. The van der Waals surface area contributed by atoms with Crippen LogP contribution in [0.5, 0.6) is 5.75 Å². The molecule has 0 aliphatic rings. The Balaban J connectivity index is 1.83. The molecule has 2 aromatic carbocycles. The molecule has 1 amide bonds. The topological polar surface area (TPSA) is 75.7 Å². The molecule has 0 heterocycles. The molecule has 6 nitrogen and oxygen atoms in total. The Bertz CT molecular complexity index is 883. The number of amides is 1. The Labute approximate surface area is 175 Å². The Morgan fingerprint density at radius 3 is 2.32 bits per heavy atom. The van der Waals surface area contributed by atoms with Crippen molar-refractivity contribution >= 4 is 31.9 Å². The molecule has 1 N–H and O–H groups in total. The second-order valence-electron chi connectivity index (χ2n) is 6.45. The van der Waals surface area contributed by atoms with E-state index in [2.05, 4.69) is 21.2 Å². The van der Waals surface area contributed by atoms with Crippen LogP contribution in [0.25, 0.3) is 0 Å². The monoisotopic (exact) mass is 468 g/mol. The van der Waals surface area contributed by atoms with Gasteiger partial charge in [-0.05, 0) is 55.3 Å². The molecule has 8 heteroatoms. The number of methoxy groups -OCH3 is 1. The summed E-state index contributed by atoms with van der Waals surface area (Å²) in [7, 11) is -0.549. The first-order valence-electron chi connectivity index (χ1n) is 8.89. The molecule has 0 unspecified atom stereocenters. The fourth-order valence-corrected chi connectivity index (χ4v) is 4.13. The molecule has 2 aromatic rings. The van der Waals surface area contributed by atoms with Crippen molar-refractivity contribution in [2.45, 2.75) is 30.7 Å². The minimum atomic E-state index is -3.59. The third kappa shape index (κ3) is 6.05. The maximum atomic E-state index is 12.6. The number of hydrogen-bond acceptors (Lipinski definition) is 4. The highest BCUT2D eigenvalue weighted by Gasteiger charge is 2.20. The van der Waals surface area contributed by atoms with Crippen LogP contribution in [-0.2, 0) is 14.8 Å². The molecule has 0 bridgehead atoms. The maximum Gasteiger partial charge on any atom is 0.242 e. The SMILES string of the molecule is COc1ccc(S(=O)(=O)N(C)CCCC(=O)N[C@H](C)c2ccc(Br)cc2)cc1. The quantitative estimate of drug-likeness (QED) is 0.607. The van der Waals surface area contributed by atoms with Crippen LogP contribution in [-0.4, -0.2) is 39.3 Å². The lowest BCUT2D eigenvalue weighted by molar-refractivity contribution is -0.121. The number of sulfonamides is 1. The van der Waals surface area contributed by atoms with E-state index in [4.69, 9.17) is 4.74 Å². The van der Waals surface area contributed by atoms with E-state index in [-0.39, 0.29) is 29.8 Å². The molecule has 0 aliphatic heterocycles. The van der Waals surface area contributed by atoms with Gasteiger partial charge in [0.25, 0.3) is 0 Å². The molecule has 0 fully saturated rings. The van der Waals surface area contributed by atoms with Crippen molar-refractivity contribution in [1.29, 1.82) is 0 Å². The number of carbonyl (C=O) groups excluding carboxylic acids is 1. The van der Waals surface area contributed by atoms with Crippen molar-refractivity contribution in [1.82, 2.24) is 9.62 Å². The molecular formula is C20H25BrN2O4S. The second kappa shape index (κ2) is 10.0. The first-order valence-corrected chi connectivity index (χ1v) is 11.1. The van der Waals surface area contributed by atoms with Crippen LogP contribution < -0.4 is 10.1 Å². The molecule has 0 saturated carbocycles. The zero-order valence-electron chi connectivity index (χ0n) is 16.2. The van der Waals surface area contributed by atoms with E-state index in [1.54, 1.807) is 12.1 Å². The van der Waals surface area contributed by atoms with Crippen molar-refractivity contribution in [3.8, 4) is 5.75 Å². The van der Waals surface area contributed by atoms with Gasteiger partial charge in [0.05, 0.1) is 18.0 Å². The largest absolute Gasteiger partial charge is 0.497 e. The number of hydrogen-bond donors (Lipinski definition) is 1. The number of ether oxygens (including phenoxy) is 1. The zero-order valence-corrected chi connectivity index (χ0v) is 18.6. The van der Waals surface area contributed by atoms with Crippen molar-refractivity contribution < 1.29 is 17.9 Å². The van der Waals surface area contributed by atoms with E-state index in [1.165, 1.54) is 30.6 Å². The zero-order chi connectivity index (χ0) is 20.7. The first kappa shape index (κ1) is 22.4. The number of carbonyl (C=O) groups is 1. The predicted octanol–water partition coefficient (Wildman–Crippen LogP) is 3.74. The van der Waals surface area contributed by atoms with Crippen molar-refractivity contribution in [2.24, 2.45) is 0 Å². The minimum Gasteiger partial charge on any atom is -0.497 e. The molecule has 2 rings (SSSR count). The average Bonchev–Trinajstić information content (AvgIpc) is 2.68. The molecule has 0 spiro atoms. The van der Waals surface area contributed by atoms with E-state index in [0.717, 1.165) is 10.0 Å². The Hall–Kier alpha value is -1.90. The Morgan fingerprint density at radius 1 is 1.14 bits per heavy atom. The van der Waals surface area contributed by atoms with Crippen LogP contribution >= 0.6 is 15.9 Å². The van der Waals surface area contributed by atoms with Gasteiger partial charge < -0.3 is 10.1 Å². The standard InChI is InChI=1S/C20H25BrN2O4S/c1-15(16-6-8-17(21)9-7-16)22-20(24)5-4-14-23(2)28(25,26)19-12-10-18(27-3)11-13-19/h6-13,15H,4-5,14H2,1-3H3,(H,22,24)/t15-/m1/s1. The third-order valence-electron chi connectivity index (χ3n) is 4.39. The van der Waals surface area contributed by atoms with Gasteiger partial charge in [-0.3, -0.25) is 4.79 Å². The lowest BCUT2D eigenvalue weighted by atomic mass is 10.1. The van der Waals surface area contributed by atoms with E-state index in [9.17, 15) is 13.2 Å². The van der Waals surface area contributed by atoms with Gasteiger partial charge in [0.15, 0.2) is 0 Å². The van der Waals surface area contributed by atoms with Crippen LogP contribution in [0.15, 0.2) is 57.9 Å². The number of benzene rings is 2. The number of nitrogens with zero attached hydrogens (tertiary/aromatic N) is 1. The third-order valence-corrected chi connectivity index (χ3v) is 6.79. The van der Waals surface area contributed by atoms with Crippen LogP contribution in [0.4, 0.5) is 0 Å².